The van der Waals surface area contributed by atoms with Gasteiger partial charge in [0.15, 0.2) is 0 Å². The Kier molecular flexibility index (Phi) is 4.72. The third-order valence-electron chi connectivity index (χ3n) is 5.23. The van der Waals surface area contributed by atoms with Crippen molar-refractivity contribution < 1.29 is 4.79 Å². The lowest BCUT2D eigenvalue weighted by molar-refractivity contribution is -0.118. The van der Waals surface area contributed by atoms with Gasteiger partial charge in [0.1, 0.15) is 0 Å². The number of carbonyl (C=O) groups excluding carboxylic acids is 1. The van der Waals surface area contributed by atoms with Gasteiger partial charge in [-0.05, 0) is 60.2 Å². The predicted octanol–water partition coefficient (Wildman–Crippen LogP) is 4.83. The minimum Gasteiger partial charge on any atom is -0.325 e. The molecule has 1 amide bonds. The molecule has 1 aliphatic rings. The van der Waals surface area contributed by atoms with E-state index in [2.05, 4.69) is 47.0 Å². The van der Waals surface area contributed by atoms with Crippen LogP contribution in [0.15, 0.2) is 66.7 Å². The molecular weight excluding hydrogens is 320 g/mol. The SMILES string of the molecule is C[C@@H](N[C@H]1CCCc2ccccc21)C(=O)Nc1ccc2ccccc2c1. The monoisotopic (exact) mass is 344 g/mol. The third-order valence-corrected chi connectivity index (χ3v) is 5.23. The Bertz CT molecular complexity index is 934. The lowest BCUT2D eigenvalue weighted by Crippen LogP contribution is -2.41. The van der Waals surface area contributed by atoms with E-state index in [1.165, 1.54) is 16.5 Å². The molecule has 2 N–H and O–H groups in total. The summed E-state index contributed by atoms with van der Waals surface area (Å²) in [5, 5.41) is 8.87. The van der Waals surface area contributed by atoms with Crippen LogP contribution in [0, 0.1) is 0 Å². The quantitative estimate of drug-likeness (QED) is 0.711. The molecule has 0 bridgehead atoms. The standard InChI is InChI=1S/C23H24N2O/c1-16(24-22-12-6-10-18-8-4-5-11-21(18)22)23(26)25-20-14-13-17-7-2-3-9-19(17)15-20/h2-5,7-9,11,13-16,22,24H,6,10,12H2,1H3,(H,25,26)/t16-,22+/m1/s1. The van der Waals surface area contributed by atoms with Gasteiger partial charge >= 0.3 is 0 Å². The van der Waals surface area contributed by atoms with Crippen molar-refractivity contribution in [2.24, 2.45) is 0 Å². The Morgan fingerprint density at radius 2 is 1.77 bits per heavy atom. The highest BCUT2D eigenvalue weighted by atomic mass is 16.2. The van der Waals surface area contributed by atoms with Crippen LogP contribution in [0.4, 0.5) is 5.69 Å². The molecule has 3 heteroatoms. The van der Waals surface area contributed by atoms with E-state index in [1.54, 1.807) is 0 Å². The molecule has 0 unspecified atom stereocenters. The van der Waals surface area contributed by atoms with E-state index in [0.29, 0.717) is 0 Å². The van der Waals surface area contributed by atoms with Crippen molar-refractivity contribution in [1.29, 1.82) is 0 Å². The summed E-state index contributed by atoms with van der Waals surface area (Å²) < 4.78 is 0. The maximum absolute atomic E-state index is 12.7. The van der Waals surface area contributed by atoms with E-state index < -0.39 is 0 Å². The van der Waals surface area contributed by atoms with Crippen LogP contribution in [0.3, 0.4) is 0 Å². The Balaban J connectivity index is 1.45. The van der Waals surface area contributed by atoms with Gasteiger partial charge in [0.05, 0.1) is 6.04 Å². The number of anilines is 1. The van der Waals surface area contributed by atoms with E-state index in [0.717, 1.165) is 30.3 Å². The fraction of sp³-hybridized carbons (Fsp3) is 0.261. The zero-order valence-corrected chi connectivity index (χ0v) is 15.0. The summed E-state index contributed by atoms with van der Waals surface area (Å²) in [6, 6.07) is 22.7. The van der Waals surface area contributed by atoms with E-state index in [-0.39, 0.29) is 18.0 Å². The topological polar surface area (TPSA) is 41.1 Å². The summed E-state index contributed by atoms with van der Waals surface area (Å²) in [7, 11) is 0. The first-order chi connectivity index (χ1) is 12.7. The van der Waals surface area contributed by atoms with Gasteiger partial charge in [0.25, 0.3) is 0 Å². The van der Waals surface area contributed by atoms with Gasteiger partial charge in [0.2, 0.25) is 5.91 Å². The minimum atomic E-state index is -0.252. The normalized spacial score (nSPS) is 17.5. The van der Waals surface area contributed by atoms with Crippen LogP contribution in [0.25, 0.3) is 10.8 Å². The lowest BCUT2D eigenvalue weighted by Gasteiger charge is -2.29. The highest BCUT2D eigenvalue weighted by Gasteiger charge is 2.23. The van der Waals surface area contributed by atoms with Gasteiger partial charge in [-0.3, -0.25) is 10.1 Å². The number of carbonyl (C=O) groups is 1. The molecule has 0 fully saturated rings. The number of hydrogen-bond acceptors (Lipinski definition) is 2. The number of benzene rings is 3. The number of aryl methyl sites for hydroxylation is 1. The van der Waals surface area contributed by atoms with Gasteiger partial charge in [-0.25, -0.2) is 0 Å². The van der Waals surface area contributed by atoms with Crippen molar-refractivity contribution in [2.75, 3.05) is 5.32 Å². The number of hydrogen-bond donors (Lipinski definition) is 2. The van der Waals surface area contributed by atoms with E-state index in [4.69, 9.17) is 0 Å². The average Bonchev–Trinajstić information content (AvgIpc) is 2.68. The Morgan fingerprint density at radius 1 is 1.00 bits per heavy atom. The molecule has 3 aromatic carbocycles. The van der Waals surface area contributed by atoms with Gasteiger partial charge in [0, 0.05) is 11.7 Å². The van der Waals surface area contributed by atoms with Gasteiger partial charge in [-0.2, -0.15) is 0 Å². The van der Waals surface area contributed by atoms with Crippen LogP contribution in [-0.2, 0) is 11.2 Å². The molecule has 0 saturated carbocycles. The zero-order valence-electron chi connectivity index (χ0n) is 15.0. The van der Waals surface area contributed by atoms with Crippen molar-refractivity contribution >= 4 is 22.4 Å². The molecule has 132 valence electrons. The average molecular weight is 344 g/mol. The summed E-state index contributed by atoms with van der Waals surface area (Å²) in [4.78, 5) is 12.7. The summed E-state index contributed by atoms with van der Waals surface area (Å²) >= 11 is 0. The van der Waals surface area contributed by atoms with Gasteiger partial charge in [-0.1, -0.05) is 54.6 Å². The van der Waals surface area contributed by atoms with Crippen molar-refractivity contribution in [2.45, 2.75) is 38.3 Å². The highest BCUT2D eigenvalue weighted by Crippen LogP contribution is 2.29. The number of rotatable bonds is 4. The zero-order chi connectivity index (χ0) is 17.9. The molecule has 0 radical (unpaired) electrons. The molecule has 2 atom stereocenters. The van der Waals surface area contributed by atoms with Crippen LogP contribution < -0.4 is 10.6 Å². The van der Waals surface area contributed by atoms with Crippen LogP contribution >= 0.6 is 0 Å². The van der Waals surface area contributed by atoms with Crippen molar-refractivity contribution in [3.05, 3.63) is 77.9 Å². The second-order valence-electron chi connectivity index (χ2n) is 7.08. The highest BCUT2D eigenvalue weighted by molar-refractivity contribution is 5.97. The van der Waals surface area contributed by atoms with Crippen LogP contribution in [0.1, 0.15) is 36.9 Å². The molecule has 3 nitrogen and oxygen atoms in total. The maximum Gasteiger partial charge on any atom is 0.241 e. The number of amides is 1. The van der Waals surface area contributed by atoms with Crippen LogP contribution in [-0.4, -0.2) is 11.9 Å². The Hall–Kier alpha value is -2.65. The summed E-state index contributed by atoms with van der Waals surface area (Å²) in [6.07, 6.45) is 3.37. The molecule has 0 saturated heterocycles. The first kappa shape index (κ1) is 16.8. The number of fused-ring (bicyclic) bond motifs is 2. The minimum absolute atomic E-state index is 0.00309. The van der Waals surface area contributed by atoms with E-state index >= 15 is 0 Å². The molecule has 0 spiro atoms. The molecule has 4 rings (SSSR count). The molecule has 3 aromatic rings. The van der Waals surface area contributed by atoms with E-state index in [9.17, 15) is 4.79 Å². The molecule has 0 aliphatic heterocycles. The molecule has 26 heavy (non-hydrogen) atoms. The molecular formula is C23H24N2O. The van der Waals surface area contributed by atoms with Crippen molar-refractivity contribution in [1.82, 2.24) is 5.32 Å². The third kappa shape index (κ3) is 3.49. The first-order valence-electron chi connectivity index (χ1n) is 9.34. The largest absolute Gasteiger partial charge is 0.325 e. The van der Waals surface area contributed by atoms with Gasteiger partial charge in [-0.15, -0.1) is 0 Å². The smallest absolute Gasteiger partial charge is 0.241 e. The number of nitrogens with one attached hydrogen (secondary N) is 2. The molecule has 0 aromatic heterocycles. The van der Waals surface area contributed by atoms with Crippen LogP contribution in [0.2, 0.25) is 0 Å². The Morgan fingerprint density at radius 3 is 2.65 bits per heavy atom. The maximum atomic E-state index is 12.7. The summed E-state index contributed by atoms with van der Waals surface area (Å²) in [6.45, 7) is 1.94. The molecule has 1 aliphatic carbocycles. The fourth-order valence-electron chi connectivity index (χ4n) is 3.82. The van der Waals surface area contributed by atoms with Crippen molar-refractivity contribution in [3.63, 3.8) is 0 Å². The summed E-state index contributed by atoms with van der Waals surface area (Å²) in [5.74, 6) is 0.00309. The summed E-state index contributed by atoms with van der Waals surface area (Å²) in [5.41, 5.74) is 3.58. The Labute approximate surface area is 154 Å². The second kappa shape index (κ2) is 7.30. The second-order valence-corrected chi connectivity index (χ2v) is 7.08. The molecule has 0 heterocycles. The van der Waals surface area contributed by atoms with E-state index in [1.807, 2.05) is 37.3 Å². The first-order valence-corrected chi connectivity index (χ1v) is 9.34. The predicted molar refractivity (Wildman–Crippen MR) is 107 cm³/mol. The van der Waals surface area contributed by atoms with Crippen LogP contribution in [0.5, 0.6) is 0 Å². The van der Waals surface area contributed by atoms with Crippen molar-refractivity contribution in [3.8, 4) is 0 Å². The van der Waals surface area contributed by atoms with Gasteiger partial charge < -0.3 is 5.32 Å². The fourth-order valence-corrected chi connectivity index (χ4v) is 3.82. The lowest BCUT2D eigenvalue weighted by atomic mass is 9.87.